The van der Waals surface area contributed by atoms with Crippen LogP contribution in [-0.2, 0) is 0 Å². The highest BCUT2D eigenvalue weighted by atomic mass is 32.2. The monoisotopic (exact) mass is 266 g/mol. The number of nitrogens with one attached hydrogen (secondary N) is 1. The number of amides is 1. The lowest BCUT2D eigenvalue weighted by atomic mass is 10.2. The van der Waals surface area contributed by atoms with Gasteiger partial charge in [-0.3, -0.25) is 14.9 Å². The van der Waals surface area contributed by atoms with Crippen molar-refractivity contribution in [2.24, 2.45) is 0 Å². The lowest BCUT2D eigenvalue weighted by Crippen LogP contribution is -2.15. The second-order valence-corrected chi connectivity index (χ2v) is 4.62. The van der Waals surface area contributed by atoms with E-state index in [1.807, 2.05) is 0 Å². The number of benzene rings is 1. The van der Waals surface area contributed by atoms with Crippen LogP contribution in [0.5, 0.6) is 0 Å². The van der Waals surface area contributed by atoms with Gasteiger partial charge in [-0.2, -0.15) is 0 Å². The minimum atomic E-state index is -0.461. The second kappa shape index (κ2) is 4.64. The number of nitro benzene ring substituents is 1. The maximum atomic E-state index is 11.0. The summed E-state index contributed by atoms with van der Waals surface area (Å²) in [6.45, 7) is 0. The Morgan fingerprint density at radius 3 is 2.47 bits per heavy atom. The number of nitrogens with zero attached hydrogens (tertiary/aromatic N) is 1. The molecule has 1 saturated heterocycles. The first-order valence-electron chi connectivity index (χ1n) is 4.55. The van der Waals surface area contributed by atoms with Gasteiger partial charge in [-0.05, 0) is 35.5 Å². The predicted octanol–water partition coefficient (Wildman–Crippen LogP) is 2.72. The molecule has 0 aromatic heterocycles. The van der Waals surface area contributed by atoms with Crippen molar-refractivity contribution < 1.29 is 9.72 Å². The molecule has 0 aliphatic carbocycles. The van der Waals surface area contributed by atoms with Crippen molar-refractivity contribution in [3.05, 3.63) is 44.8 Å². The zero-order valence-electron chi connectivity index (χ0n) is 8.38. The fraction of sp³-hybridized carbons (Fsp3) is 0. The zero-order chi connectivity index (χ0) is 12.4. The Morgan fingerprint density at radius 2 is 2.00 bits per heavy atom. The van der Waals surface area contributed by atoms with E-state index in [4.69, 9.17) is 12.2 Å². The highest BCUT2D eigenvalue weighted by molar-refractivity contribution is 8.19. The molecule has 0 spiro atoms. The van der Waals surface area contributed by atoms with Crippen LogP contribution in [0.2, 0.25) is 0 Å². The maximum Gasteiger partial charge on any atom is 0.289 e. The zero-order valence-corrected chi connectivity index (χ0v) is 10.0. The van der Waals surface area contributed by atoms with Gasteiger partial charge in [0.2, 0.25) is 0 Å². The van der Waals surface area contributed by atoms with Crippen molar-refractivity contribution in [3.8, 4) is 0 Å². The molecule has 1 fully saturated rings. The molecule has 2 rings (SSSR count). The fourth-order valence-electron chi connectivity index (χ4n) is 1.26. The molecule has 17 heavy (non-hydrogen) atoms. The van der Waals surface area contributed by atoms with Crippen molar-refractivity contribution in [3.63, 3.8) is 0 Å². The molecule has 86 valence electrons. The van der Waals surface area contributed by atoms with E-state index in [0.717, 1.165) is 17.3 Å². The first-order chi connectivity index (χ1) is 8.06. The number of thioether (sulfide) groups is 1. The Labute approximate surface area is 106 Å². The number of carbonyl (C=O) groups is 1. The molecule has 1 aromatic rings. The Morgan fingerprint density at radius 1 is 1.35 bits per heavy atom. The van der Waals surface area contributed by atoms with Crippen LogP contribution >= 0.6 is 24.0 Å². The van der Waals surface area contributed by atoms with E-state index in [0.29, 0.717) is 9.89 Å². The molecule has 0 radical (unpaired) electrons. The first-order valence-corrected chi connectivity index (χ1v) is 5.78. The Kier molecular flexibility index (Phi) is 3.21. The van der Waals surface area contributed by atoms with Gasteiger partial charge in [0.05, 0.1) is 9.83 Å². The molecular weight excluding hydrogens is 260 g/mol. The molecule has 1 heterocycles. The van der Waals surface area contributed by atoms with Gasteiger partial charge in [0.15, 0.2) is 0 Å². The van der Waals surface area contributed by atoms with Crippen molar-refractivity contribution in [1.29, 1.82) is 0 Å². The van der Waals surface area contributed by atoms with Gasteiger partial charge in [0, 0.05) is 12.1 Å². The molecule has 0 saturated carbocycles. The van der Waals surface area contributed by atoms with Crippen LogP contribution in [0, 0.1) is 10.1 Å². The van der Waals surface area contributed by atoms with E-state index < -0.39 is 4.92 Å². The summed E-state index contributed by atoms with van der Waals surface area (Å²) < 4.78 is 0. The number of nitro groups is 1. The number of non-ortho nitro benzene ring substituents is 1. The summed E-state index contributed by atoms with van der Waals surface area (Å²) in [6.07, 6.45) is 1.72. The minimum Gasteiger partial charge on any atom is -0.307 e. The quantitative estimate of drug-likeness (QED) is 0.385. The molecule has 5 nitrogen and oxygen atoms in total. The highest BCUT2D eigenvalue weighted by Gasteiger charge is 2.21. The molecule has 1 aliphatic heterocycles. The van der Waals surface area contributed by atoms with E-state index in [1.54, 1.807) is 18.2 Å². The van der Waals surface area contributed by atoms with Crippen LogP contribution in [0.1, 0.15) is 5.56 Å². The number of rotatable bonds is 2. The lowest BCUT2D eigenvalue weighted by molar-refractivity contribution is -0.384. The van der Waals surface area contributed by atoms with Crippen LogP contribution in [0.25, 0.3) is 6.08 Å². The average Bonchev–Trinajstić information content (AvgIpc) is 2.58. The third-order valence-corrected chi connectivity index (χ3v) is 3.32. The molecule has 1 N–H and O–H groups in total. The standard InChI is InChI=1S/C10H6N2O3S2/c13-10-11-9(16)8(17-10)5-6-1-3-7(4-2-6)12(14)15/h1-5H,(H,11,13,16). The Hall–Kier alpha value is -1.73. The second-order valence-electron chi connectivity index (χ2n) is 3.20. The van der Waals surface area contributed by atoms with Crippen molar-refractivity contribution >= 4 is 46.0 Å². The molecule has 1 aromatic carbocycles. The smallest absolute Gasteiger partial charge is 0.289 e. The SMILES string of the molecule is O=C1NC(=S)C(=Cc2ccc([N+](=O)[O-])cc2)S1. The summed E-state index contributed by atoms with van der Waals surface area (Å²) in [7, 11) is 0. The molecule has 0 bridgehead atoms. The van der Waals surface area contributed by atoms with Gasteiger partial charge in [0.25, 0.3) is 10.9 Å². The Bertz CT molecular complexity index is 537. The molecule has 1 aliphatic rings. The van der Waals surface area contributed by atoms with E-state index in [-0.39, 0.29) is 10.9 Å². The van der Waals surface area contributed by atoms with E-state index >= 15 is 0 Å². The number of hydrogen-bond acceptors (Lipinski definition) is 5. The third kappa shape index (κ3) is 2.69. The van der Waals surface area contributed by atoms with Crippen LogP contribution in [0.4, 0.5) is 10.5 Å². The van der Waals surface area contributed by atoms with E-state index in [2.05, 4.69) is 5.32 Å². The number of hydrogen-bond donors (Lipinski definition) is 1. The van der Waals surface area contributed by atoms with Gasteiger partial charge in [-0.25, -0.2) is 0 Å². The molecule has 0 atom stereocenters. The summed E-state index contributed by atoms with van der Waals surface area (Å²) in [4.78, 5) is 22.1. The summed E-state index contributed by atoms with van der Waals surface area (Å²) in [5.41, 5.74) is 0.792. The molecule has 7 heteroatoms. The largest absolute Gasteiger partial charge is 0.307 e. The van der Waals surface area contributed by atoms with Crippen LogP contribution < -0.4 is 5.32 Å². The van der Waals surface area contributed by atoms with Crippen LogP contribution in [-0.4, -0.2) is 15.2 Å². The van der Waals surface area contributed by atoms with Crippen LogP contribution in [0.15, 0.2) is 29.2 Å². The summed E-state index contributed by atoms with van der Waals surface area (Å²) >= 11 is 5.97. The van der Waals surface area contributed by atoms with Crippen molar-refractivity contribution in [2.75, 3.05) is 0 Å². The third-order valence-electron chi connectivity index (χ3n) is 2.04. The van der Waals surface area contributed by atoms with Crippen molar-refractivity contribution in [2.45, 2.75) is 0 Å². The molecular formula is C10H6N2O3S2. The normalized spacial score (nSPS) is 17.3. The minimum absolute atomic E-state index is 0.0306. The number of carbonyl (C=O) groups excluding carboxylic acids is 1. The summed E-state index contributed by atoms with van der Waals surface area (Å²) in [5.74, 6) is 0. The molecule has 0 unspecified atom stereocenters. The summed E-state index contributed by atoms with van der Waals surface area (Å²) in [6, 6.07) is 6.03. The first kappa shape index (κ1) is 11.7. The average molecular weight is 266 g/mol. The highest BCUT2D eigenvalue weighted by Crippen LogP contribution is 2.26. The van der Waals surface area contributed by atoms with Gasteiger partial charge >= 0.3 is 0 Å². The van der Waals surface area contributed by atoms with E-state index in [1.165, 1.54) is 12.1 Å². The Balaban J connectivity index is 2.24. The van der Waals surface area contributed by atoms with Gasteiger partial charge in [-0.15, -0.1) is 0 Å². The summed E-state index contributed by atoms with van der Waals surface area (Å²) in [5, 5.41) is 12.8. The predicted molar refractivity (Wildman–Crippen MR) is 69.8 cm³/mol. The maximum absolute atomic E-state index is 11.0. The van der Waals surface area contributed by atoms with Gasteiger partial charge in [0.1, 0.15) is 4.99 Å². The topological polar surface area (TPSA) is 72.2 Å². The van der Waals surface area contributed by atoms with Crippen LogP contribution in [0.3, 0.4) is 0 Å². The fourth-order valence-corrected chi connectivity index (χ4v) is 2.30. The van der Waals surface area contributed by atoms with E-state index in [9.17, 15) is 14.9 Å². The number of thiocarbonyl (C=S) groups is 1. The van der Waals surface area contributed by atoms with Gasteiger partial charge < -0.3 is 5.32 Å². The molecule has 1 amide bonds. The van der Waals surface area contributed by atoms with Gasteiger partial charge in [-0.1, -0.05) is 12.2 Å². The lowest BCUT2D eigenvalue weighted by Gasteiger charge is -1.96. The van der Waals surface area contributed by atoms with Crippen molar-refractivity contribution in [1.82, 2.24) is 5.32 Å².